The number of halogens is 3. The lowest BCUT2D eigenvalue weighted by atomic mass is 10.0. The molecule has 2 saturated heterocycles. The molecule has 2 fully saturated rings. The summed E-state index contributed by atoms with van der Waals surface area (Å²) in [6, 6.07) is 2.92. The first-order chi connectivity index (χ1) is 12.3. The average Bonchev–Trinajstić information content (AvgIpc) is 3.12. The van der Waals surface area contributed by atoms with E-state index in [9.17, 15) is 23.3 Å². The largest absolute Gasteiger partial charge is 0.418 e. The molecular weight excluding hydrogens is 353 g/mol. The monoisotopic (exact) mass is 374 g/mol. The van der Waals surface area contributed by atoms with Crippen molar-refractivity contribution in [1.82, 2.24) is 0 Å². The molecule has 0 aromatic heterocycles. The number of piperidine rings is 1. The van der Waals surface area contributed by atoms with Crippen molar-refractivity contribution in [2.75, 3.05) is 37.8 Å². The summed E-state index contributed by atoms with van der Waals surface area (Å²) in [4.78, 5) is 11.6. The van der Waals surface area contributed by atoms with E-state index in [-0.39, 0.29) is 11.8 Å². The maximum atomic E-state index is 13.3. The van der Waals surface area contributed by atoms with Crippen molar-refractivity contribution < 1.29 is 27.6 Å². The van der Waals surface area contributed by atoms with Gasteiger partial charge in [-0.15, -0.1) is 0 Å². The van der Waals surface area contributed by atoms with E-state index in [4.69, 9.17) is 9.47 Å². The third-order valence-electron chi connectivity index (χ3n) is 4.87. The SMILES string of the molecule is O=[N+]([O-])c1ccc(N2CCC(OCC3CCOC3)CC2)c(C(F)(F)F)c1. The molecule has 9 heteroatoms. The summed E-state index contributed by atoms with van der Waals surface area (Å²) in [5.74, 6) is 0.402. The summed E-state index contributed by atoms with van der Waals surface area (Å²) in [5, 5.41) is 10.8. The number of ether oxygens (including phenoxy) is 2. The van der Waals surface area contributed by atoms with Crippen LogP contribution in [0.15, 0.2) is 18.2 Å². The summed E-state index contributed by atoms with van der Waals surface area (Å²) < 4.78 is 51.2. The lowest BCUT2D eigenvalue weighted by Crippen LogP contribution is -2.38. The molecule has 0 saturated carbocycles. The molecule has 1 aromatic carbocycles. The van der Waals surface area contributed by atoms with Crippen LogP contribution in [0.4, 0.5) is 24.5 Å². The maximum absolute atomic E-state index is 13.3. The maximum Gasteiger partial charge on any atom is 0.418 e. The van der Waals surface area contributed by atoms with E-state index in [1.54, 1.807) is 4.90 Å². The smallest absolute Gasteiger partial charge is 0.381 e. The van der Waals surface area contributed by atoms with Crippen molar-refractivity contribution in [2.24, 2.45) is 5.92 Å². The molecule has 0 aliphatic carbocycles. The van der Waals surface area contributed by atoms with Crippen LogP contribution in [0.1, 0.15) is 24.8 Å². The highest BCUT2D eigenvalue weighted by molar-refractivity contribution is 5.59. The first kappa shape index (κ1) is 18.9. The van der Waals surface area contributed by atoms with Crippen LogP contribution in [0, 0.1) is 16.0 Å². The van der Waals surface area contributed by atoms with Crippen molar-refractivity contribution in [2.45, 2.75) is 31.5 Å². The summed E-state index contributed by atoms with van der Waals surface area (Å²) in [6.07, 6.45) is -2.38. The second-order valence-corrected chi connectivity index (χ2v) is 6.71. The molecule has 0 N–H and O–H groups in total. The number of anilines is 1. The molecule has 2 heterocycles. The molecule has 3 rings (SSSR count). The van der Waals surface area contributed by atoms with Gasteiger partial charge in [0, 0.05) is 43.4 Å². The van der Waals surface area contributed by atoms with Gasteiger partial charge in [-0.05, 0) is 25.3 Å². The number of nitro groups is 1. The average molecular weight is 374 g/mol. The minimum atomic E-state index is -4.64. The van der Waals surface area contributed by atoms with Crippen molar-refractivity contribution in [3.63, 3.8) is 0 Å². The Labute approximate surface area is 149 Å². The zero-order chi connectivity index (χ0) is 18.7. The van der Waals surface area contributed by atoms with Gasteiger partial charge in [0.2, 0.25) is 0 Å². The topological polar surface area (TPSA) is 64.8 Å². The highest BCUT2D eigenvalue weighted by Crippen LogP contribution is 2.39. The van der Waals surface area contributed by atoms with Crippen molar-refractivity contribution in [3.05, 3.63) is 33.9 Å². The molecule has 2 aliphatic heterocycles. The first-order valence-electron chi connectivity index (χ1n) is 8.64. The van der Waals surface area contributed by atoms with Gasteiger partial charge in [-0.3, -0.25) is 10.1 Å². The molecule has 1 unspecified atom stereocenters. The Morgan fingerprint density at radius 1 is 1.27 bits per heavy atom. The third-order valence-corrected chi connectivity index (χ3v) is 4.87. The molecule has 0 bridgehead atoms. The van der Waals surface area contributed by atoms with Crippen LogP contribution in [-0.4, -0.2) is 43.9 Å². The van der Waals surface area contributed by atoms with Gasteiger partial charge in [0.05, 0.1) is 29.8 Å². The third kappa shape index (κ3) is 4.45. The predicted octanol–water partition coefficient (Wildman–Crippen LogP) is 3.64. The zero-order valence-corrected chi connectivity index (χ0v) is 14.2. The number of benzene rings is 1. The zero-order valence-electron chi connectivity index (χ0n) is 14.2. The van der Waals surface area contributed by atoms with Gasteiger partial charge >= 0.3 is 6.18 Å². The molecule has 144 valence electrons. The lowest BCUT2D eigenvalue weighted by Gasteiger charge is -2.35. The predicted molar refractivity (Wildman–Crippen MR) is 88.2 cm³/mol. The number of hydrogen-bond acceptors (Lipinski definition) is 5. The Kier molecular flexibility index (Phi) is 5.67. The van der Waals surface area contributed by atoms with Crippen LogP contribution in [-0.2, 0) is 15.7 Å². The van der Waals surface area contributed by atoms with Crippen LogP contribution < -0.4 is 4.90 Å². The number of rotatable bonds is 5. The molecule has 0 amide bonds. The van der Waals surface area contributed by atoms with Gasteiger partial charge in [0.1, 0.15) is 0 Å². The van der Waals surface area contributed by atoms with Gasteiger partial charge < -0.3 is 14.4 Å². The van der Waals surface area contributed by atoms with Crippen LogP contribution in [0.25, 0.3) is 0 Å². The van der Waals surface area contributed by atoms with E-state index in [2.05, 4.69) is 0 Å². The summed E-state index contributed by atoms with van der Waals surface area (Å²) in [7, 11) is 0. The standard InChI is InChI=1S/C17H21F3N2O4/c18-17(19,20)15-9-13(22(23)24)1-2-16(15)21-6-3-14(4-7-21)26-11-12-5-8-25-10-12/h1-2,9,12,14H,3-8,10-11H2. The lowest BCUT2D eigenvalue weighted by molar-refractivity contribution is -0.385. The Morgan fingerprint density at radius 3 is 2.58 bits per heavy atom. The highest BCUT2D eigenvalue weighted by atomic mass is 19.4. The highest BCUT2D eigenvalue weighted by Gasteiger charge is 2.37. The molecule has 1 aromatic rings. The fraction of sp³-hybridized carbons (Fsp3) is 0.647. The number of non-ortho nitro benzene ring substituents is 1. The van der Waals surface area contributed by atoms with Gasteiger partial charge in [-0.2, -0.15) is 13.2 Å². The molecular formula is C17H21F3N2O4. The fourth-order valence-corrected chi connectivity index (χ4v) is 3.39. The van der Waals surface area contributed by atoms with E-state index in [0.29, 0.717) is 51.1 Å². The molecule has 26 heavy (non-hydrogen) atoms. The van der Waals surface area contributed by atoms with E-state index in [1.165, 1.54) is 6.07 Å². The van der Waals surface area contributed by atoms with Gasteiger partial charge in [0.25, 0.3) is 5.69 Å². The van der Waals surface area contributed by atoms with E-state index >= 15 is 0 Å². The summed E-state index contributed by atoms with van der Waals surface area (Å²) >= 11 is 0. The van der Waals surface area contributed by atoms with Crippen molar-refractivity contribution >= 4 is 11.4 Å². The number of nitrogens with zero attached hydrogens (tertiary/aromatic N) is 2. The van der Waals surface area contributed by atoms with Gasteiger partial charge in [0.15, 0.2) is 0 Å². The quantitative estimate of drug-likeness (QED) is 0.582. The second kappa shape index (κ2) is 7.79. The second-order valence-electron chi connectivity index (χ2n) is 6.71. The summed E-state index contributed by atoms with van der Waals surface area (Å²) in [5.41, 5.74) is -1.53. The Hall–Kier alpha value is -1.87. The molecule has 1 atom stereocenters. The van der Waals surface area contributed by atoms with Gasteiger partial charge in [-0.25, -0.2) is 0 Å². The van der Waals surface area contributed by atoms with Crippen molar-refractivity contribution in [3.8, 4) is 0 Å². The van der Waals surface area contributed by atoms with Crippen LogP contribution >= 0.6 is 0 Å². The van der Waals surface area contributed by atoms with Gasteiger partial charge in [-0.1, -0.05) is 0 Å². The van der Waals surface area contributed by atoms with Crippen molar-refractivity contribution in [1.29, 1.82) is 0 Å². The fourth-order valence-electron chi connectivity index (χ4n) is 3.39. The Bertz CT molecular complexity index is 639. The number of alkyl halides is 3. The van der Waals surface area contributed by atoms with Crippen LogP contribution in [0.5, 0.6) is 0 Å². The molecule has 2 aliphatic rings. The summed E-state index contributed by atoms with van der Waals surface area (Å²) in [6.45, 7) is 2.93. The number of hydrogen-bond donors (Lipinski definition) is 0. The Balaban J connectivity index is 1.64. The first-order valence-corrected chi connectivity index (χ1v) is 8.64. The van der Waals surface area contributed by atoms with Crippen LogP contribution in [0.3, 0.4) is 0 Å². The normalized spacial score (nSPS) is 22.0. The molecule has 0 spiro atoms. The molecule has 6 nitrogen and oxygen atoms in total. The molecule has 0 radical (unpaired) electrons. The Morgan fingerprint density at radius 2 is 2.00 bits per heavy atom. The van der Waals surface area contributed by atoms with E-state index in [1.807, 2.05) is 0 Å². The van der Waals surface area contributed by atoms with Crippen LogP contribution in [0.2, 0.25) is 0 Å². The minimum absolute atomic E-state index is 0.00857. The number of nitro benzene ring substituents is 1. The van der Waals surface area contributed by atoms with E-state index < -0.39 is 22.4 Å². The minimum Gasteiger partial charge on any atom is -0.381 e. The van der Waals surface area contributed by atoms with E-state index in [0.717, 1.165) is 19.1 Å².